The van der Waals surface area contributed by atoms with Gasteiger partial charge in [-0.15, -0.1) is 11.8 Å². The fourth-order valence-corrected chi connectivity index (χ4v) is 3.85. The van der Waals surface area contributed by atoms with Gasteiger partial charge in [0.15, 0.2) is 0 Å². The normalized spacial score (nSPS) is 16.8. The number of nitrogens with one attached hydrogen (secondary N) is 1. The maximum Gasteiger partial charge on any atom is 0.323 e. The van der Waals surface area contributed by atoms with Crippen LogP contribution in [0, 0.1) is 0 Å². The summed E-state index contributed by atoms with van der Waals surface area (Å²) in [5.41, 5.74) is 1.86. The second kappa shape index (κ2) is 7.49. The van der Waals surface area contributed by atoms with Gasteiger partial charge in [0.25, 0.3) is 0 Å². The van der Waals surface area contributed by atoms with Crippen molar-refractivity contribution in [3.8, 4) is 11.5 Å². The van der Waals surface area contributed by atoms with Crippen molar-refractivity contribution < 1.29 is 14.3 Å². The van der Waals surface area contributed by atoms with E-state index >= 15 is 0 Å². The van der Waals surface area contributed by atoms with Crippen LogP contribution in [0.5, 0.6) is 11.5 Å². The van der Waals surface area contributed by atoms with Crippen LogP contribution < -0.4 is 14.8 Å². The summed E-state index contributed by atoms with van der Waals surface area (Å²) >= 11 is 1.77. The number of anilines is 1. The van der Waals surface area contributed by atoms with Crippen molar-refractivity contribution in [2.45, 2.75) is 5.37 Å². The van der Waals surface area contributed by atoms with Crippen LogP contribution >= 0.6 is 11.8 Å². The molecule has 3 rings (SSSR count). The summed E-state index contributed by atoms with van der Waals surface area (Å²) in [7, 11) is 3.27. The van der Waals surface area contributed by atoms with Gasteiger partial charge in [0.05, 0.1) is 14.2 Å². The Morgan fingerprint density at radius 3 is 2.21 bits per heavy atom. The molecule has 126 valence electrons. The van der Waals surface area contributed by atoms with Gasteiger partial charge in [-0.2, -0.15) is 0 Å². The Balaban J connectivity index is 1.70. The molecule has 0 unspecified atom stereocenters. The van der Waals surface area contributed by atoms with Gasteiger partial charge >= 0.3 is 6.03 Å². The van der Waals surface area contributed by atoms with Crippen molar-refractivity contribution >= 4 is 23.5 Å². The molecular weight excluding hydrogens is 324 g/mol. The first-order valence-corrected chi connectivity index (χ1v) is 8.73. The standard InChI is InChI=1S/C18H20N2O3S/c1-22-15-7-3-13(4-8-15)17-20(11-12-24-17)18(21)19-14-5-9-16(23-2)10-6-14/h3-10,17H,11-12H2,1-2H3,(H,19,21)/t17-/m1/s1. The van der Waals surface area contributed by atoms with Gasteiger partial charge in [-0.1, -0.05) is 12.1 Å². The van der Waals surface area contributed by atoms with Crippen molar-refractivity contribution in [2.24, 2.45) is 0 Å². The Labute approximate surface area is 145 Å². The highest BCUT2D eigenvalue weighted by molar-refractivity contribution is 7.99. The van der Waals surface area contributed by atoms with Gasteiger partial charge in [-0.25, -0.2) is 4.79 Å². The average molecular weight is 344 g/mol. The fraction of sp³-hybridized carbons (Fsp3) is 0.278. The highest BCUT2D eigenvalue weighted by Crippen LogP contribution is 2.38. The van der Waals surface area contributed by atoms with Crippen LogP contribution in [0.15, 0.2) is 48.5 Å². The number of rotatable bonds is 4. The molecule has 0 aromatic heterocycles. The van der Waals surface area contributed by atoms with Gasteiger partial charge in [0.1, 0.15) is 16.9 Å². The minimum atomic E-state index is -0.0917. The Morgan fingerprint density at radius 2 is 1.62 bits per heavy atom. The number of nitrogens with zero attached hydrogens (tertiary/aromatic N) is 1. The van der Waals surface area contributed by atoms with Crippen LogP contribution in [0.25, 0.3) is 0 Å². The molecule has 2 amide bonds. The zero-order valence-corrected chi connectivity index (χ0v) is 14.5. The quantitative estimate of drug-likeness (QED) is 0.911. The largest absolute Gasteiger partial charge is 0.497 e. The lowest BCUT2D eigenvalue weighted by molar-refractivity contribution is 0.214. The van der Waals surface area contributed by atoms with Gasteiger partial charge < -0.3 is 19.7 Å². The Bertz CT molecular complexity index is 688. The Kier molecular flexibility index (Phi) is 5.15. The number of hydrogen-bond donors (Lipinski definition) is 1. The number of amides is 2. The third-order valence-corrected chi connectivity index (χ3v) is 5.15. The first kappa shape index (κ1) is 16.5. The van der Waals surface area contributed by atoms with Crippen molar-refractivity contribution in [3.63, 3.8) is 0 Å². The number of carbonyl (C=O) groups excluding carboxylic acids is 1. The Morgan fingerprint density at radius 1 is 1.04 bits per heavy atom. The molecule has 24 heavy (non-hydrogen) atoms. The van der Waals surface area contributed by atoms with Gasteiger partial charge in [-0.3, -0.25) is 0 Å². The van der Waals surface area contributed by atoms with E-state index in [4.69, 9.17) is 9.47 Å². The molecule has 0 spiro atoms. The van der Waals surface area contributed by atoms with Crippen molar-refractivity contribution in [3.05, 3.63) is 54.1 Å². The van der Waals surface area contributed by atoms with Crippen LogP contribution in [0.1, 0.15) is 10.9 Å². The van der Waals surface area contributed by atoms with Crippen molar-refractivity contribution in [2.75, 3.05) is 31.8 Å². The highest BCUT2D eigenvalue weighted by Gasteiger charge is 2.30. The van der Waals surface area contributed by atoms with E-state index < -0.39 is 0 Å². The maximum absolute atomic E-state index is 12.6. The monoisotopic (exact) mass is 344 g/mol. The molecule has 1 N–H and O–H groups in total. The number of urea groups is 1. The molecule has 1 heterocycles. The second-order valence-corrected chi connectivity index (χ2v) is 6.54. The second-order valence-electron chi connectivity index (χ2n) is 5.35. The first-order valence-electron chi connectivity index (χ1n) is 7.68. The molecule has 1 fully saturated rings. The zero-order chi connectivity index (χ0) is 16.9. The summed E-state index contributed by atoms with van der Waals surface area (Å²) in [6, 6.07) is 15.1. The summed E-state index contributed by atoms with van der Waals surface area (Å²) in [6.45, 7) is 0.726. The van der Waals surface area contributed by atoms with Crippen LogP contribution in [0.3, 0.4) is 0 Å². The molecule has 2 aromatic carbocycles. The van der Waals surface area contributed by atoms with E-state index in [1.54, 1.807) is 26.0 Å². The molecular formula is C18H20N2O3S. The predicted molar refractivity (Wildman–Crippen MR) is 96.9 cm³/mol. The summed E-state index contributed by atoms with van der Waals surface area (Å²) in [6.07, 6.45) is 0. The number of ether oxygens (including phenoxy) is 2. The molecule has 0 radical (unpaired) electrons. The number of hydrogen-bond acceptors (Lipinski definition) is 4. The van der Waals surface area contributed by atoms with Crippen LogP contribution in [0.2, 0.25) is 0 Å². The minimum Gasteiger partial charge on any atom is -0.497 e. The smallest absolute Gasteiger partial charge is 0.323 e. The lowest BCUT2D eigenvalue weighted by Gasteiger charge is -2.24. The van der Waals surface area contributed by atoms with Gasteiger partial charge in [0.2, 0.25) is 0 Å². The summed E-state index contributed by atoms with van der Waals surface area (Å²) in [5.74, 6) is 2.50. The van der Waals surface area contributed by atoms with E-state index in [0.717, 1.165) is 35.0 Å². The van der Waals surface area contributed by atoms with E-state index in [1.807, 2.05) is 53.4 Å². The number of thioether (sulfide) groups is 1. The Hall–Kier alpha value is -2.34. The zero-order valence-electron chi connectivity index (χ0n) is 13.7. The lowest BCUT2D eigenvalue weighted by Crippen LogP contribution is -2.34. The molecule has 0 saturated carbocycles. The molecule has 5 nitrogen and oxygen atoms in total. The maximum atomic E-state index is 12.6. The van der Waals surface area contributed by atoms with E-state index in [2.05, 4.69) is 5.32 Å². The number of carbonyl (C=O) groups is 1. The van der Waals surface area contributed by atoms with Crippen LogP contribution in [-0.2, 0) is 0 Å². The molecule has 1 aliphatic heterocycles. The summed E-state index contributed by atoms with van der Waals surface area (Å²) in [4.78, 5) is 14.5. The molecule has 1 aliphatic rings. The van der Waals surface area contributed by atoms with Crippen LogP contribution in [-0.4, -0.2) is 37.4 Å². The molecule has 6 heteroatoms. The molecule has 2 aromatic rings. The van der Waals surface area contributed by atoms with Gasteiger partial charge in [-0.05, 0) is 42.0 Å². The molecule has 1 atom stereocenters. The van der Waals surface area contributed by atoms with E-state index in [9.17, 15) is 4.79 Å². The van der Waals surface area contributed by atoms with E-state index in [1.165, 1.54) is 0 Å². The topological polar surface area (TPSA) is 50.8 Å². The fourth-order valence-electron chi connectivity index (χ4n) is 2.59. The summed E-state index contributed by atoms with van der Waals surface area (Å²) in [5, 5.41) is 2.97. The predicted octanol–water partition coefficient (Wildman–Crippen LogP) is 3.98. The molecule has 0 bridgehead atoms. The minimum absolute atomic E-state index is 0.0224. The summed E-state index contributed by atoms with van der Waals surface area (Å²) < 4.78 is 10.3. The third-order valence-electron chi connectivity index (χ3n) is 3.89. The first-order chi connectivity index (χ1) is 11.7. The van der Waals surface area contributed by atoms with Crippen molar-refractivity contribution in [1.29, 1.82) is 0 Å². The average Bonchev–Trinajstić information content (AvgIpc) is 3.12. The SMILES string of the molecule is COc1ccc(NC(=O)N2CCS[C@@H]2c2ccc(OC)cc2)cc1. The highest BCUT2D eigenvalue weighted by atomic mass is 32.2. The molecule has 1 saturated heterocycles. The van der Waals surface area contributed by atoms with E-state index in [0.29, 0.717) is 0 Å². The lowest BCUT2D eigenvalue weighted by atomic mass is 10.2. The number of benzene rings is 2. The molecule has 0 aliphatic carbocycles. The van der Waals surface area contributed by atoms with Crippen LogP contribution in [0.4, 0.5) is 10.5 Å². The van der Waals surface area contributed by atoms with Gasteiger partial charge in [0, 0.05) is 18.0 Å². The van der Waals surface area contributed by atoms with Crippen molar-refractivity contribution in [1.82, 2.24) is 4.90 Å². The number of methoxy groups -OCH3 is 2. The third kappa shape index (κ3) is 3.59. The van der Waals surface area contributed by atoms with E-state index in [-0.39, 0.29) is 11.4 Å².